The predicted molar refractivity (Wildman–Crippen MR) is 63.8 cm³/mol. The topological polar surface area (TPSA) is 92.4 Å². The van der Waals surface area contributed by atoms with E-state index in [-0.39, 0.29) is 11.5 Å². The first-order valence-corrected chi connectivity index (χ1v) is 6.09. The fraction of sp³-hybridized carbons (Fsp3) is 0.182. The number of aromatic carboxylic acids is 1. The van der Waals surface area contributed by atoms with Gasteiger partial charge in [0.15, 0.2) is 5.76 Å². The lowest BCUT2D eigenvalue weighted by Gasteiger charge is -2.00. The predicted octanol–water partition coefficient (Wildman–Crippen LogP) is 1.41. The summed E-state index contributed by atoms with van der Waals surface area (Å²) < 4.78 is 4.87. The molecule has 0 unspecified atom stereocenters. The number of carbonyl (C=O) groups excluding carboxylic acids is 1. The molecule has 0 spiro atoms. The lowest BCUT2D eigenvalue weighted by Crippen LogP contribution is -2.25. The van der Waals surface area contributed by atoms with Crippen molar-refractivity contribution in [1.29, 1.82) is 0 Å². The fourth-order valence-corrected chi connectivity index (χ4v) is 1.92. The van der Waals surface area contributed by atoms with Crippen molar-refractivity contribution in [1.82, 2.24) is 10.3 Å². The number of aromatic nitrogens is 1. The van der Waals surface area contributed by atoms with Gasteiger partial charge in [-0.25, -0.2) is 9.78 Å². The van der Waals surface area contributed by atoms with Gasteiger partial charge in [0.25, 0.3) is 5.91 Å². The zero-order valence-corrected chi connectivity index (χ0v) is 10.1. The summed E-state index contributed by atoms with van der Waals surface area (Å²) in [5, 5.41) is 13.2. The van der Waals surface area contributed by atoms with Crippen LogP contribution in [-0.4, -0.2) is 28.5 Å². The van der Waals surface area contributed by atoms with Crippen LogP contribution in [0.5, 0.6) is 0 Å². The minimum absolute atomic E-state index is 0.00863. The first kappa shape index (κ1) is 12.3. The van der Waals surface area contributed by atoms with Crippen LogP contribution in [0, 0.1) is 0 Å². The standard InChI is InChI=1S/C11H10N2O4S/c14-10(8-1-2-9(17-8)11(15)16)12-4-3-7-5-18-6-13-7/h1-2,5-6H,3-4H2,(H,12,14)(H,15,16). The van der Waals surface area contributed by atoms with Gasteiger partial charge in [-0.15, -0.1) is 11.3 Å². The molecule has 6 nitrogen and oxygen atoms in total. The zero-order valence-electron chi connectivity index (χ0n) is 9.25. The van der Waals surface area contributed by atoms with E-state index in [2.05, 4.69) is 10.3 Å². The second-order valence-corrected chi connectivity index (χ2v) is 4.17. The number of carbonyl (C=O) groups is 2. The highest BCUT2D eigenvalue weighted by Gasteiger charge is 2.14. The van der Waals surface area contributed by atoms with E-state index in [1.165, 1.54) is 23.5 Å². The van der Waals surface area contributed by atoms with Gasteiger partial charge in [-0.2, -0.15) is 0 Å². The van der Waals surface area contributed by atoms with E-state index in [0.29, 0.717) is 13.0 Å². The maximum Gasteiger partial charge on any atom is 0.371 e. The first-order valence-electron chi connectivity index (χ1n) is 5.15. The summed E-state index contributed by atoms with van der Waals surface area (Å²) in [4.78, 5) is 26.2. The molecule has 0 aliphatic carbocycles. The van der Waals surface area contributed by atoms with E-state index in [1.54, 1.807) is 5.51 Å². The summed E-state index contributed by atoms with van der Waals surface area (Å²) >= 11 is 1.49. The van der Waals surface area contributed by atoms with E-state index in [1.807, 2.05) is 5.38 Å². The van der Waals surface area contributed by atoms with Crippen molar-refractivity contribution in [3.8, 4) is 0 Å². The second-order valence-electron chi connectivity index (χ2n) is 3.45. The van der Waals surface area contributed by atoms with Gasteiger partial charge in [-0.1, -0.05) is 0 Å². The molecule has 0 bridgehead atoms. The van der Waals surface area contributed by atoms with Gasteiger partial charge in [0, 0.05) is 18.3 Å². The van der Waals surface area contributed by atoms with Gasteiger partial charge < -0.3 is 14.8 Å². The maximum atomic E-state index is 11.6. The molecule has 0 radical (unpaired) electrons. The minimum Gasteiger partial charge on any atom is -0.475 e. The van der Waals surface area contributed by atoms with Crippen LogP contribution in [0.1, 0.15) is 26.8 Å². The van der Waals surface area contributed by atoms with Crippen LogP contribution < -0.4 is 5.32 Å². The lowest BCUT2D eigenvalue weighted by atomic mass is 10.3. The third-order valence-corrected chi connectivity index (χ3v) is 2.83. The van der Waals surface area contributed by atoms with Gasteiger partial charge in [-0.05, 0) is 12.1 Å². The number of nitrogens with zero attached hydrogens (tertiary/aromatic N) is 1. The molecule has 7 heteroatoms. The van der Waals surface area contributed by atoms with Crippen LogP contribution in [-0.2, 0) is 6.42 Å². The molecule has 2 rings (SSSR count). The summed E-state index contributed by atoms with van der Waals surface area (Å²) in [5.41, 5.74) is 2.63. The van der Waals surface area contributed by atoms with Crippen LogP contribution in [0.3, 0.4) is 0 Å². The molecule has 94 valence electrons. The SMILES string of the molecule is O=C(O)c1ccc(C(=O)NCCc2cscn2)o1. The van der Waals surface area contributed by atoms with E-state index in [0.717, 1.165) is 5.69 Å². The average Bonchev–Trinajstić information content (AvgIpc) is 2.99. The molecule has 0 saturated heterocycles. The number of nitrogens with one attached hydrogen (secondary N) is 1. The van der Waals surface area contributed by atoms with Crippen molar-refractivity contribution >= 4 is 23.2 Å². The average molecular weight is 266 g/mol. The van der Waals surface area contributed by atoms with Gasteiger partial charge >= 0.3 is 5.97 Å². The van der Waals surface area contributed by atoms with Crippen LogP contribution in [0.2, 0.25) is 0 Å². The van der Waals surface area contributed by atoms with Crippen molar-refractivity contribution in [2.75, 3.05) is 6.54 Å². The fourth-order valence-electron chi connectivity index (χ4n) is 1.33. The molecule has 2 aromatic heterocycles. The highest BCUT2D eigenvalue weighted by Crippen LogP contribution is 2.07. The molecular formula is C11H10N2O4S. The van der Waals surface area contributed by atoms with Crippen molar-refractivity contribution in [3.63, 3.8) is 0 Å². The van der Waals surface area contributed by atoms with Crippen molar-refractivity contribution in [2.24, 2.45) is 0 Å². The molecule has 1 amide bonds. The summed E-state index contributed by atoms with van der Waals surface area (Å²) in [6, 6.07) is 2.58. The Hall–Kier alpha value is -2.15. The Balaban J connectivity index is 1.85. The van der Waals surface area contributed by atoms with Crippen LogP contribution in [0.15, 0.2) is 27.4 Å². The number of amides is 1. The summed E-state index contributed by atoms with van der Waals surface area (Å²) in [6.45, 7) is 0.422. The van der Waals surface area contributed by atoms with Crippen molar-refractivity contribution in [3.05, 3.63) is 40.2 Å². The van der Waals surface area contributed by atoms with Crippen LogP contribution >= 0.6 is 11.3 Å². The van der Waals surface area contributed by atoms with Crippen molar-refractivity contribution < 1.29 is 19.1 Å². The van der Waals surface area contributed by atoms with Crippen LogP contribution in [0.25, 0.3) is 0 Å². The zero-order chi connectivity index (χ0) is 13.0. The summed E-state index contributed by atoms with van der Waals surface area (Å²) in [7, 11) is 0. The van der Waals surface area contributed by atoms with Gasteiger partial charge in [-0.3, -0.25) is 4.79 Å². The summed E-state index contributed by atoms with van der Waals surface area (Å²) in [5.74, 6) is -1.89. The van der Waals surface area contributed by atoms with E-state index >= 15 is 0 Å². The second kappa shape index (κ2) is 5.46. The quantitative estimate of drug-likeness (QED) is 0.853. The molecule has 0 atom stereocenters. The number of hydrogen-bond donors (Lipinski definition) is 2. The van der Waals surface area contributed by atoms with E-state index in [4.69, 9.17) is 9.52 Å². The molecule has 2 heterocycles. The summed E-state index contributed by atoms with van der Waals surface area (Å²) in [6.07, 6.45) is 0.627. The molecule has 2 N–H and O–H groups in total. The number of carboxylic acids is 1. The van der Waals surface area contributed by atoms with Gasteiger partial charge in [0.05, 0.1) is 11.2 Å². The Morgan fingerprint density at radius 3 is 2.78 bits per heavy atom. The molecule has 0 fully saturated rings. The third kappa shape index (κ3) is 2.95. The lowest BCUT2D eigenvalue weighted by molar-refractivity contribution is 0.0659. The molecular weight excluding hydrogens is 256 g/mol. The smallest absolute Gasteiger partial charge is 0.371 e. The Labute approximate surface area is 106 Å². The van der Waals surface area contributed by atoms with Crippen molar-refractivity contribution in [2.45, 2.75) is 6.42 Å². The number of hydrogen-bond acceptors (Lipinski definition) is 5. The van der Waals surface area contributed by atoms with Gasteiger partial charge in [0.1, 0.15) is 0 Å². The molecule has 0 aliphatic rings. The number of thiazole rings is 1. The molecule has 0 aliphatic heterocycles. The molecule has 18 heavy (non-hydrogen) atoms. The maximum absolute atomic E-state index is 11.6. The molecule has 0 saturated carbocycles. The Bertz CT molecular complexity index is 547. The number of carboxylic acid groups (broad SMARTS) is 1. The normalized spacial score (nSPS) is 10.2. The Kier molecular flexibility index (Phi) is 3.73. The van der Waals surface area contributed by atoms with E-state index < -0.39 is 11.9 Å². The van der Waals surface area contributed by atoms with E-state index in [9.17, 15) is 9.59 Å². The number of rotatable bonds is 5. The monoisotopic (exact) mass is 266 g/mol. The first-order chi connectivity index (χ1) is 8.66. The highest BCUT2D eigenvalue weighted by atomic mass is 32.1. The van der Waals surface area contributed by atoms with Gasteiger partial charge in [0.2, 0.25) is 5.76 Å². The van der Waals surface area contributed by atoms with Crippen LogP contribution in [0.4, 0.5) is 0 Å². The Morgan fingerprint density at radius 1 is 1.39 bits per heavy atom. The highest BCUT2D eigenvalue weighted by molar-refractivity contribution is 7.07. The Morgan fingerprint density at radius 2 is 2.17 bits per heavy atom. The molecule has 2 aromatic rings. The molecule has 0 aromatic carbocycles. The minimum atomic E-state index is -1.20. The largest absolute Gasteiger partial charge is 0.475 e. The third-order valence-electron chi connectivity index (χ3n) is 2.19. The number of furan rings is 1.